The van der Waals surface area contributed by atoms with Gasteiger partial charge in [-0.25, -0.2) is 0 Å². The van der Waals surface area contributed by atoms with E-state index in [4.69, 9.17) is 0 Å². The van der Waals surface area contributed by atoms with Crippen LogP contribution in [0.15, 0.2) is 404 Å². The first kappa shape index (κ1) is 74.4. The molecule has 0 atom stereocenters. The van der Waals surface area contributed by atoms with E-state index in [0.717, 1.165) is 12.8 Å². The highest BCUT2D eigenvalue weighted by atomic mass is 32.2. The van der Waals surface area contributed by atoms with Crippen molar-refractivity contribution < 1.29 is 0 Å². The minimum Gasteiger partial charge on any atom is -0.311 e. The van der Waals surface area contributed by atoms with Gasteiger partial charge in [0.1, 0.15) is 8.07 Å². The van der Waals surface area contributed by atoms with Gasteiger partial charge >= 0.3 is 0 Å². The Labute approximate surface area is 684 Å². The molecule has 16 aromatic carbocycles. The average molecular weight is 1520 g/mol. The maximum Gasteiger partial charge on any atom is 0.117 e. The summed E-state index contributed by atoms with van der Waals surface area (Å²) in [7, 11) is -1.66. The largest absolute Gasteiger partial charge is 0.311 e. The van der Waals surface area contributed by atoms with Gasteiger partial charge < -0.3 is 29.4 Å². The molecular weight excluding hydrogens is 1430 g/mol. The van der Waals surface area contributed by atoms with Crippen molar-refractivity contribution in [1.82, 2.24) is 0 Å². The van der Waals surface area contributed by atoms with Crippen molar-refractivity contribution in [3.63, 3.8) is 0 Å². The number of nitrogens with zero attached hydrogens (tertiary/aromatic N) is 6. The van der Waals surface area contributed by atoms with Crippen molar-refractivity contribution in [3.8, 4) is 0 Å². The van der Waals surface area contributed by atoms with E-state index in [-0.39, 0.29) is 0 Å². The maximum atomic E-state index is 2.46. The van der Waals surface area contributed by atoms with Crippen molar-refractivity contribution in [2.75, 3.05) is 29.4 Å². The van der Waals surface area contributed by atoms with Crippen LogP contribution in [0.25, 0.3) is 12.2 Å². The van der Waals surface area contributed by atoms with E-state index in [2.05, 4.69) is 484 Å². The second-order valence-electron chi connectivity index (χ2n) is 30.4. The van der Waals surface area contributed by atoms with E-state index in [1.165, 1.54) is 173 Å². The molecule has 8 heteroatoms. The molecule has 5 heterocycles. The van der Waals surface area contributed by atoms with Gasteiger partial charge in [-0.2, -0.15) is 0 Å². The molecule has 0 amide bonds. The molecule has 0 bridgehead atoms. The van der Waals surface area contributed by atoms with Crippen molar-refractivity contribution in [2.45, 2.75) is 70.3 Å². The van der Waals surface area contributed by atoms with Crippen LogP contribution in [0.4, 0.5) is 102 Å². The van der Waals surface area contributed by atoms with Crippen molar-refractivity contribution >= 4 is 145 Å². The van der Waals surface area contributed by atoms with Crippen LogP contribution in [-0.2, 0) is 12.8 Å². The van der Waals surface area contributed by atoms with Crippen LogP contribution >= 0.6 is 11.8 Å². The van der Waals surface area contributed by atoms with E-state index in [9.17, 15) is 0 Å². The fraction of sp³-hybridized carbons (Fsp3) is 0.0841. The van der Waals surface area contributed by atoms with E-state index in [0.29, 0.717) is 0 Å². The van der Waals surface area contributed by atoms with Gasteiger partial charge in [-0.3, -0.25) is 0 Å². The van der Waals surface area contributed by atoms with Crippen LogP contribution in [-0.4, -0.2) is 8.07 Å². The van der Waals surface area contributed by atoms with E-state index in [1.54, 1.807) is 0 Å². The third-order valence-corrected chi connectivity index (χ3v) is 26.9. The van der Waals surface area contributed by atoms with Crippen LogP contribution < -0.4 is 39.8 Å². The zero-order valence-corrected chi connectivity index (χ0v) is 68.0. The standard InChI is InChI=1S/C25H20N2.C21H21NSi.C21H19N.C21H17N.C19H15NS/c1-19-15-17-21(18-16-19)27-24-13-7-5-11-22(24)26(20-9-3-2-4-10-20)23-12-6-8-14-25(23)27;1-16-12-14-17(15-13-16)22-18-8-4-6-10-20(18)23(2,3)21-11-7-5-9-19(21)22;2*1-16-10-14-19(15-11-16)22-20-8-4-2-6-17(20)12-13-18-7-3-5-9-21(18)22;1-14-10-12-15(13-11-14)20-16-6-2-4-8-18(16)21-19-9-5-3-7-17(19)20/h2-18H,1H3;4-15H,1-3H3;2-11,14-15H,12-13H2,1H3;2-15H,1H3;2-13H,1H3. The van der Waals surface area contributed by atoms with Gasteiger partial charge in [0.2, 0.25) is 0 Å². The van der Waals surface area contributed by atoms with Gasteiger partial charge in [-0.1, -0.05) is 301 Å². The third-order valence-electron chi connectivity index (χ3n) is 22.2. The molecule has 6 nitrogen and oxygen atoms in total. The van der Waals surface area contributed by atoms with Gasteiger partial charge in [0.05, 0.1) is 45.5 Å². The zero-order chi connectivity index (χ0) is 78.4. The molecule has 0 saturated heterocycles. The van der Waals surface area contributed by atoms with Crippen LogP contribution in [0.3, 0.4) is 0 Å². The molecule has 16 aromatic rings. The fourth-order valence-corrected chi connectivity index (χ4v) is 20.3. The second-order valence-corrected chi connectivity index (χ2v) is 35.8. The summed E-state index contributed by atoms with van der Waals surface area (Å²) in [5.74, 6) is 0. The Kier molecular flexibility index (Phi) is 21.4. The molecule has 0 saturated carbocycles. The molecule has 0 aliphatic carbocycles. The predicted octanol–water partition coefficient (Wildman–Crippen LogP) is 29.3. The Morgan fingerprint density at radius 1 is 0.200 bits per heavy atom. The lowest BCUT2D eigenvalue weighted by molar-refractivity contribution is 0.977. The van der Waals surface area contributed by atoms with Gasteiger partial charge in [0.15, 0.2) is 0 Å². The van der Waals surface area contributed by atoms with E-state index >= 15 is 0 Å². The highest BCUT2D eigenvalue weighted by molar-refractivity contribution is 7.99. The Morgan fingerprint density at radius 2 is 0.426 bits per heavy atom. The summed E-state index contributed by atoms with van der Waals surface area (Å²) >= 11 is 1.84. The highest BCUT2D eigenvalue weighted by Gasteiger charge is 2.38. The third kappa shape index (κ3) is 15.3. The summed E-state index contributed by atoms with van der Waals surface area (Å²) in [4.78, 5) is 16.8. The molecule has 0 fully saturated rings. The molecular formula is C107H92N6SSi. The SMILES string of the molecule is Cc1ccc(N2c3ccccc3C=Cc3ccccc32)cc1.Cc1ccc(N2c3ccccc3CCc3ccccc32)cc1.Cc1ccc(N2c3ccccc3N(c3ccccc3)c3ccccc32)cc1.Cc1ccc(N2c3ccccc3Sc3ccccc32)cc1.Cc1ccc(N2c3ccccc3[Si](C)(C)c3ccccc32)cc1. The van der Waals surface area contributed by atoms with E-state index in [1.807, 2.05) is 11.8 Å². The maximum absolute atomic E-state index is 2.46. The van der Waals surface area contributed by atoms with Crippen molar-refractivity contribution in [3.05, 3.63) is 444 Å². The molecule has 115 heavy (non-hydrogen) atoms. The minimum absolute atomic E-state index is 1.09. The summed E-state index contributed by atoms with van der Waals surface area (Å²) in [6, 6.07) is 141. The van der Waals surface area contributed by atoms with Crippen molar-refractivity contribution in [1.29, 1.82) is 0 Å². The van der Waals surface area contributed by atoms with Crippen LogP contribution in [0.5, 0.6) is 0 Å². The summed E-state index contributed by atoms with van der Waals surface area (Å²) < 4.78 is 0. The number of para-hydroxylation sites is 13. The molecule has 560 valence electrons. The first-order chi connectivity index (χ1) is 56.4. The number of hydrogen-bond acceptors (Lipinski definition) is 7. The summed E-state index contributed by atoms with van der Waals surface area (Å²) in [6.07, 6.45) is 6.58. The van der Waals surface area contributed by atoms with Crippen LogP contribution in [0, 0.1) is 34.6 Å². The predicted molar refractivity (Wildman–Crippen MR) is 495 cm³/mol. The lowest BCUT2D eigenvalue weighted by Gasteiger charge is -2.41. The van der Waals surface area contributed by atoms with Gasteiger partial charge in [-0.05, 0) is 238 Å². The highest BCUT2D eigenvalue weighted by Crippen LogP contribution is 2.55. The number of aryl methyl sites for hydroxylation is 7. The summed E-state index contributed by atoms with van der Waals surface area (Å²) in [5, 5.41) is 3.03. The van der Waals surface area contributed by atoms with Gasteiger partial charge in [-0.15, -0.1) is 0 Å². The molecule has 0 aromatic heterocycles. The first-order valence-corrected chi connectivity index (χ1v) is 43.7. The second kappa shape index (κ2) is 33.1. The average Bonchev–Trinajstić information content (AvgIpc) is 1.35. The quantitative estimate of drug-likeness (QED) is 0.153. The number of benzene rings is 16. The molecule has 21 rings (SSSR count). The summed E-state index contributed by atoms with van der Waals surface area (Å²) in [5.41, 5.74) is 33.9. The van der Waals surface area contributed by atoms with Crippen LogP contribution in [0.2, 0.25) is 13.1 Å². The Bertz CT molecular complexity index is 5860. The molecule has 0 unspecified atom stereocenters. The first-order valence-electron chi connectivity index (χ1n) is 39.8. The Morgan fingerprint density at radius 3 is 0.774 bits per heavy atom. The zero-order valence-electron chi connectivity index (χ0n) is 66.2. The monoisotopic (exact) mass is 1520 g/mol. The lowest BCUT2D eigenvalue weighted by atomic mass is 10.0. The topological polar surface area (TPSA) is 19.4 Å². The number of anilines is 18. The molecule has 5 aliphatic rings. The van der Waals surface area contributed by atoms with Gasteiger partial charge in [0.25, 0.3) is 0 Å². The van der Waals surface area contributed by atoms with Crippen LogP contribution in [0.1, 0.15) is 50.1 Å². The number of hydrogen-bond donors (Lipinski definition) is 0. The van der Waals surface area contributed by atoms with Gasteiger partial charge in [0, 0.05) is 66.7 Å². The molecule has 0 radical (unpaired) electrons. The molecule has 0 spiro atoms. The number of fused-ring (bicyclic) bond motifs is 10. The lowest BCUT2D eigenvalue weighted by Crippen LogP contribution is -2.58. The summed E-state index contributed by atoms with van der Waals surface area (Å²) in [6.45, 7) is 15.5. The smallest absolute Gasteiger partial charge is 0.117 e. The normalized spacial score (nSPS) is 13.2. The molecule has 5 aliphatic heterocycles. The van der Waals surface area contributed by atoms with Crippen molar-refractivity contribution in [2.24, 2.45) is 0 Å². The Balaban J connectivity index is 0.000000104. The number of rotatable bonds is 6. The fourth-order valence-electron chi connectivity index (χ4n) is 16.3. The van der Waals surface area contributed by atoms with E-state index < -0.39 is 8.07 Å². The molecule has 0 N–H and O–H groups in total. The Hall–Kier alpha value is -13.4. The minimum atomic E-state index is -1.66.